The Bertz CT molecular complexity index is 973. The molecule has 0 atom stereocenters. The van der Waals surface area contributed by atoms with Crippen molar-refractivity contribution in [2.24, 2.45) is 0 Å². The van der Waals surface area contributed by atoms with Crippen molar-refractivity contribution in [3.63, 3.8) is 0 Å². The Morgan fingerprint density at radius 2 is 1.96 bits per heavy atom. The Balaban J connectivity index is 1.82. The number of hydrogen-bond acceptors (Lipinski definition) is 5. The number of nitrogens with one attached hydrogen (secondary N) is 1. The topological polar surface area (TPSA) is 110 Å². The summed E-state index contributed by atoms with van der Waals surface area (Å²) in [6.07, 6.45) is 0. The van der Waals surface area contributed by atoms with Gasteiger partial charge in [-0.05, 0) is 46.6 Å². The minimum absolute atomic E-state index is 0.0754. The zero-order valence-corrected chi connectivity index (χ0v) is 15.1. The lowest BCUT2D eigenvalue weighted by atomic mass is 10.1. The van der Waals surface area contributed by atoms with Gasteiger partial charge in [-0.3, -0.25) is 29.4 Å². The molecule has 0 aromatic heterocycles. The maximum absolute atomic E-state index is 12.4. The molecule has 0 radical (unpaired) electrons. The summed E-state index contributed by atoms with van der Waals surface area (Å²) in [6, 6.07) is 9.10. The van der Waals surface area contributed by atoms with Crippen LogP contribution in [0, 0.1) is 17.0 Å². The molecule has 0 fully saturated rings. The van der Waals surface area contributed by atoms with Crippen LogP contribution in [-0.2, 0) is 4.79 Å². The number of rotatable bonds is 4. The van der Waals surface area contributed by atoms with Crippen LogP contribution in [0.4, 0.5) is 11.4 Å². The van der Waals surface area contributed by atoms with E-state index in [0.717, 1.165) is 11.6 Å². The van der Waals surface area contributed by atoms with E-state index in [1.165, 1.54) is 12.1 Å². The lowest BCUT2D eigenvalue weighted by molar-refractivity contribution is -0.385. The molecule has 8 nitrogen and oxygen atoms in total. The van der Waals surface area contributed by atoms with Crippen LogP contribution in [0.2, 0.25) is 0 Å². The molecule has 132 valence electrons. The highest BCUT2D eigenvalue weighted by molar-refractivity contribution is 9.10. The summed E-state index contributed by atoms with van der Waals surface area (Å²) in [7, 11) is 0. The van der Waals surface area contributed by atoms with Gasteiger partial charge in [-0.25, -0.2) is 0 Å². The zero-order chi connectivity index (χ0) is 19.0. The van der Waals surface area contributed by atoms with Gasteiger partial charge in [-0.1, -0.05) is 12.1 Å². The number of imide groups is 1. The minimum Gasteiger partial charge on any atom is -0.324 e. The molecule has 2 aromatic carbocycles. The molecule has 1 N–H and O–H groups in total. The van der Waals surface area contributed by atoms with Gasteiger partial charge in [0.1, 0.15) is 12.1 Å². The first-order chi connectivity index (χ1) is 12.3. The van der Waals surface area contributed by atoms with Gasteiger partial charge >= 0.3 is 0 Å². The molecule has 2 aromatic rings. The molecule has 0 aliphatic carbocycles. The molecule has 9 heteroatoms. The van der Waals surface area contributed by atoms with E-state index in [1.807, 2.05) is 6.92 Å². The zero-order valence-electron chi connectivity index (χ0n) is 13.5. The number of nitro groups is 1. The second kappa shape index (κ2) is 6.68. The van der Waals surface area contributed by atoms with Crippen molar-refractivity contribution in [1.29, 1.82) is 0 Å². The van der Waals surface area contributed by atoms with E-state index in [0.29, 0.717) is 15.1 Å². The third kappa shape index (κ3) is 3.08. The summed E-state index contributed by atoms with van der Waals surface area (Å²) < 4.78 is 0.656. The highest BCUT2D eigenvalue weighted by Crippen LogP contribution is 2.30. The van der Waals surface area contributed by atoms with Gasteiger partial charge in [0.25, 0.3) is 17.5 Å². The van der Waals surface area contributed by atoms with Crippen LogP contribution in [-0.4, -0.2) is 34.1 Å². The second-order valence-electron chi connectivity index (χ2n) is 5.68. The summed E-state index contributed by atoms with van der Waals surface area (Å²) in [5.74, 6) is -2.17. The Kier molecular flexibility index (Phi) is 4.56. The van der Waals surface area contributed by atoms with Gasteiger partial charge in [0.05, 0.1) is 16.2 Å². The van der Waals surface area contributed by atoms with Gasteiger partial charge in [-0.2, -0.15) is 0 Å². The fourth-order valence-electron chi connectivity index (χ4n) is 2.67. The highest BCUT2D eigenvalue weighted by atomic mass is 79.9. The SMILES string of the molecule is Cc1ccc(NC(=O)CN2C(=O)c3cccc([N+](=O)[O-])c3C2=O)c(Br)c1. The summed E-state index contributed by atoms with van der Waals surface area (Å²) in [6.45, 7) is 1.35. The summed E-state index contributed by atoms with van der Waals surface area (Å²) in [4.78, 5) is 48.1. The van der Waals surface area contributed by atoms with Crippen LogP contribution in [0.5, 0.6) is 0 Å². The molecule has 3 amide bonds. The van der Waals surface area contributed by atoms with Gasteiger partial charge in [-0.15, -0.1) is 0 Å². The number of carbonyl (C=O) groups is 3. The quantitative estimate of drug-likeness (QED) is 0.467. The van der Waals surface area contributed by atoms with Gasteiger partial charge in [0.15, 0.2) is 0 Å². The highest BCUT2D eigenvalue weighted by Gasteiger charge is 2.41. The standard InChI is InChI=1S/C17H12BrN3O5/c1-9-5-6-12(11(18)7-9)19-14(22)8-20-16(23)10-3-2-4-13(21(25)26)15(10)17(20)24/h2-7H,8H2,1H3,(H,19,22). The summed E-state index contributed by atoms with van der Waals surface area (Å²) in [5, 5.41) is 13.7. The van der Waals surface area contributed by atoms with Crippen molar-refractivity contribution in [3.05, 3.63) is 67.7 Å². The Hall–Kier alpha value is -3.07. The van der Waals surface area contributed by atoms with Crippen molar-refractivity contribution in [1.82, 2.24) is 4.90 Å². The molecular formula is C17H12BrN3O5. The normalized spacial score (nSPS) is 12.9. The number of benzene rings is 2. The molecule has 0 saturated heterocycles. The first kappa shape index (κ1) is 17.7. The maximum Gasteiger partial charge on any atom is 0.282 e. The predicted octanol–water partition coefficient (Wildman–Crippen LogP) is 2.90. The van der Waals surface area contributed by atoms with Crippen LogP contribution in [0.3, 0.4) is 0 Å². The number of amides is 3. The number of carbonyl (C=O) groups excluding carboxylic acids is 3. The van der Waals surface area contributed by atoms with E-state index in [-0.39, 0.29) is 11.1 Å². The number of fused-ring (bicyclic) bond motifs is 1. The van der Waals surface area contributed by atoms with Gasteiger partial charge in [0.2, 0.25) is 5.91 Å². The van der Waals surface area contributed by atoms with E-state index in [9.17, 15) is 24.5 Å². The molecule has 26 heavy (non-hydrogen) atoms. The second-order valence-corrected chi connectivity index (χ2v) is 6.54. The maximum atomic E-state index is 12.4. The van der Waals surface area contributed by atoms with Gasteiger partial charge < -0.3 is 5.32 Å². The number of halogens is 1. The number of nitrogens with zero attached hydrogens (tertiary/aromatic N) is 2. The Labute approximate surface area is 156 Å². The van der Waals surface area contributed by atoms with Crippen molar-refractivity contribution in [2.45, 2.75) is 6.92 Å². The monoisotopic (exact) mass is 417 g/mol. The number of hydrogen-bond donors (Lipinski definition) is 1. The smallest absolute Gasteiger partial charge is 0.282 e. The molecule has 0 saturated carbocycles. The van der Waals surface area contributed by atoms with Crippen LogP contribution >= 0.6 is 15.9 Å². The summed E-state index contributed by atoms with van der Waals surface area (Å²) >= 11 is 3.32. The molecule has 1 aliphatic rings. The minimum atomic E-state index is -0.851. The molecular weight excluding hydrogens is 406 g/mol. The van der Waals surface area contributed by atoms with E-state index in [1.54, 1.807) is 18.2 Å². The van der Waals surface area contributed by atoms with E-state index >= 15 is 0 Å². The van der Waals surface area contributed by atoms with Crippen LogP contribution in [0.25, 0.3) is 0 Å². The van der Waals surface area contributed by atoms with Crippen molar-refractivity contribution in [3.8, 4) is 0 Å². The van der Waals surface area contributed by atoms with Crippen molar-refractivity contribution in [2.75, 3.05) is 11.9 Å². The van der Waals surface area contributed by atoms with Gasteiger partial charge in [0, 0.05) is 10.5 Å². The van der Waals surface area contributed by atoms with Crippen LogP contribution in [0.15, 0.2) is 40.9 Å². The van der Waals surface area contributed by atoms with E-state index in [2.05, 4.69) is 21.2 Å². The van der Waals surface area contributed by atoms with Crippen LogP contribution in [0.1, 0.15) is 26.3 Å². The molecule has 0 unspecified atom stereocenters. The molecule has 0 bridgehead atoms. The lowest BCUT2D eigenvalue weighted by Gasteiger charge is -2.14. The fraction of sp³-hybridized carbons (Fsp3) is 0.118. The molecule has 0 spiro atoms. The Morgan fingerprint density at radius 1 is 1.23 bits per heavy atom. The lowest BCUT2D eigenvalue weighted by Crippen LogP contribution is -2.37. The predicted molar refractivity (Wildman–Crippen MR) is 96.0 cm³/mol. The van der Waals surface area contributed by atoms with Crippen molar-refractivity contribution >= 4 is 45.0 Å². The van der Waals surface area contributed by atoms with E-state index < -0.39 is 34.9 Å². The number of anilines is 1. The third-order valence-corrected chi connectivity index (χ3v) is 4.53. The number of nitro benzene ring substituents is 1. The van der Waals surface area contributed by atoms with E-state index in [4.69, 9.17) is 0 Å². The third-order valence-electron chi connectivity index (χ3n) is 3.87. The molecule has 3 rings (SSSR count). The van der Waals surface area contributed by atoms with Crippen molar-refractivity contribution < 1.29 is 19.3 Å². The first-order valence-corrected chi connectivity index (χ1v) is 8.28. The van der Waals surface area contributed by atoms with Crippen LogP contribution < -0.4 is 5.32 Å². The average Bonchev–Trinajstić information content (AvgIpc) is 2.82. The molecule has 1 aliphatic heterocycles. The fourth-order valence-corrected chi connectivity index (χ4v) is 3.26. The number of aryl methyl sites for hydroxylation is 1. The Morgan fingerprint density at radius 3 is 2.62 bits per heavy atom. The first-order valence-electron chi connectivity index (χ1n) is 7.49. The largest absolute Gasteiger partial charge is 0.324 e. The summed E-state index contributed by atoms with van der Waals surface area (Å²) in [5.41, 5.74) is 0.663. The average molecular weight is 418 g/mol. The molecule has 1 heterocycles.